The van der Waals surface area contributed by atoms with Crippen LogP contribution in [0.15, 0.2) is 55.4 Å². The fourth-order valence-electron chi connectivity index (χ4n) is 4.37. The lowest BCUT2D eigenvalue weighted by molar-refractivity contribution is -0.137. The summed E-state index contributed by atoms with van der Waals surface area (Å²) in [6, 6.07) is 9.66. The summed E-state index contributed by atoms with van der Waals surface area (Å²) in [6.45, 7) is 6.67. The average molecular weight is 595 g/mol. The van der Waals surface area contributed by atoms with Gasteiger partial charge in [0.05, 0.1) is 11.4 Å². The van der Waals surface area contributed by atoms with E-state index in [4.69, 9.17) is 5.11 Å². The lowest BCUT2D eigenvalue weighted by atomic mass is 10.1. The fraction of sp³-hybridized carbons (Fsp3) is 0.500. The molecule has 234 valence electrons. The number of aryl methyl sites for hydroxylation is 1. The topological polar surface area (TPSA) is 154 Å². The Balaban J connectivity index is 1.73. The van der Waals surface area contributed by atoms with Crippen LogP contribution >= 0.6 is 0 Å². The Bertz CT molecular complexity index is 1140. The molecule has 0 radical (unpaired) electrons. The van der Waals surface area contributed by atoms with E-state index in [0.717, 1.165) is 42.6 Å². The summed E-state index contributed by atoms with van der Waals surface area (Å²) in [6.07, 6.45) is 10.7. The highest BCUT2D eigenvalue weighted by Gasteiger charge is 2.10. The molecule has 11 nitrogen and oxygen atoms in total. The SMILES string of the molecule is C=CCCCCC(=O)NCCN(CCNC(=O)CCCC(=O)O)CCNC(=O)CCCc1ccnc(-c2ccccn2)c1. The van der Waals surface area contributed by atoms with Gasteiger partial charge in [-0.25, -0.2) is 0 Å². The van der Waals surface area contributed by atoms with Crippen LogP contribution in [-0.2, 0) is 25.6 Å². The van der Waals surface area contributed by atoms with Crippen LogP contribution in [0.3, 0.4) is 0 Å². The number of carboxylic acid groups (broad SMARTS) is 1. The number of pyridine rings is 2. The first-order valence-corrected chi connectivity index (χ1v) is 15.1. The molecule has 0 aliphatic heterocycles. The molecular formula is C32H46N6O5. The van der Waals surface area contributed by atoms with Crippen molar-refractivity contribution in [1.29, 1.82) is 0 Å². The first kappa shape index (κ1) is 35.1. The van der Waals surface area contributed by atoms with Gasteiger partial charge in [0, 0.05) is 77.3 Å². The van der Waals surface area contributed by atoms with Crippen molar-refractivity contribution in [2.45, 2.75) is 64.2 Å². The van der Waals surface area contributed by atoms with E-state index >= 15 is 0 Å². The number of allylic oxidation sites excluding steroid dienone is 1. The van der Waals surface area contributed by atoms with Gasteiger partial charge in [-0.3, -0.25) is 34.0 Å². The van der Waals surface area contributed by atoms with E-state index in [1.807, 2.05) is 36.4 Å². The number of hydrogen-bond acceptors (Lipinski definition) is 7. The standard InChI is InChI=1S/C32H46N6O5/c1-2-3-4-5-12-29(39)35-19-22-38(24-21-37-31(41)14-9-15-32(42)43)23-20-36-30(40)13-8-10-26-16-18-34-28(25-26)27-11-6-7-17-33-27/h2,6-7,11,16-18,25H,1,3-5,8-10,12-15,19-24H2,(H,35,39)(H,36,40)(H,37,41)(H,42,43). The van der Waals surface area contributed by atoms with Gasteiger partial charge in [-0.05, 0) is 68.4 Å². The number of carbonyl (C=O) groups is 4. The number of rotatable bonds is 23. The average Bonchev–Trinajstić information content (AvgIpc) is 2.99. The minimum Gasteiger partial charge on any atom is -0.481 e. The summed E-state index contributed by atoms with van der Waals surface area (Å²) >= 11 is 0. The van der Waals surface area contributed by atoms with Gasteiger partial charge in [0.2, 0.25) is 17.7 Å². The summed E-state index contributed by atoms with van der Waals surface area (Å²) in [5.41, 5.74) is 2.72. The third-order valence-electron chi connectivity index (χ3n) is 6.73. The monoisotopic (exact) mass is 594 g/mol. The highest BCUT2D eigenvalue weighted by Crippen LogP contribution is 2.16. The highest BCUT2D eigenvalue weighted by atomic mass is 16.4. The van der Waals surface area contributed by atoms with Gasteiger partial charge in [-0.2, -0.15) is 0 Å². The van der Waals surface area contributed by atoms with E-state index < -0.39 is 5.97 Å². The maximum Gasteiger partial charge on any atom is 0.303 e. The summed E-state index contributed by atoms with van der Waals surface area (Å²) < 4.78 is 0. The van der Waals surface area contributed by atoms with E-state index in [1.165, 1.54) is 0 Å². The predicted molar refractivity (Wildman–Crippen MR) is 166 cm³/mol. The molecule has 0 saturated heterocycles. The Hall–Kier alpha value is -4.12. The Morgan fingerprint density at radius 3 is 1.93 bits per heavy atom. The normalized spacial score (nSPS) is 10.7. The van der Waals surface area contributed by atoms with Crippen LogP contribution in [0.5, 0.6) is 0 Å². The third-order valence-corrected chi connectivity index (χ3v) is 6.73. The molecule has 0 aliphatic carbocycles. The molecule has 11 heteroatoms. The van der Waals surface area contributed by atoms with Crippen molar-refractivity contribution in [3.63, 3.8) is 0 Å². The zero-order chi connectivity index (χ0) is 31.1. The van der Waals surface area contributed by atoms with Crippen LogP contribution in [0.2, 0.25) is 0 Å². The second kappa shape index (κ2) is 21.6. The van der Waals surface area contributed by atoms with Crippen LogP contribution in [-0.4, -0.2) is 82.9 Å². The molecule has 0 fully saturated rings. The van der Waals surface area contributed by atoms with Gasteiger partial charge in [0.1, 0.15) is 0 Å². The second-order valence-corrected chi connectivity index (χ2v) is 10.3. The quantitative estimate of drug-likeness (QED) is 0.113. The van der Waals surface area contributed by atoms with E-state index in [-0.39, 0.29) is 30.6 Å². The van der Waals surface area contributed by atoms with Gasteiger partial charge in [0.25, 0.3) is 0 Å². The van der Waals surface area contributed by atoms with Crippen molar-refractivity contribution < 1.29 is 24.3 Å². The zero-order valence-corrected chi connectivity index (χ0v) is 25.1. The van der Waals surface area contributed by atoms with Crippen molar-refractivity contribution in [1.82, 2.24) is 30.8 Å². The molecule has 3 amide bonds. The fourth-order valence-corrected chi connectivity index (χ4v) is 4.37. The minimum absolute atomic E-state index is 0.00500. The number of unbranched alkanes of at least 4 members (excludes halogenated alkanes) is 2. The van der Waals surface area contributed by atoms with Crippen molar-refractivity contribution in [3.8, 4) is 11.4 Å². The minimum atomic E-state index is -0.920. The maximum absolute atomic E-state index is 12.5. The van der Waals surface area contributed by atoms with Crippen molar-refractivity contribution in [2.75, 3.05) is 39.3 Å². The number of aromatic nitrogens is 2. The largest absolute Gasteiger partial charge is 0.481 e. The van der Waals surface area contributed by atoms with Crippen molar-refractivity contribution in [2.24, 2.45) is 0 Å². The predicted octanol–water partition coefficient (Wildman–Crippen LogP) is 3.12. The number of nitrogens with zero attached hydrogens (tertiary/aromatic N) is 3. The van der Waals surface area contributed by atoms with Gasteiger partial charge in [0.15, 0.2) is 0 Å². The van der Waals surface area contributed by atoms with E-state index in [0.29, 0.717) is 65.0 Å². The molecule has 0 aromatic carbocycles. The van der Waals surface area contributed by atoms with Crippen LogP contribution in [0.4, 0.5) is 0 Å². The van der Waals surface area contributed by atoms with Gasteiger partial charge in [-0.15, -0.1) is 6.58 Å². The molecule has 4 N–H and O–H groups in total. The molecule has 0 aliphatic rings. The zero-order valence-electron chi connectivity index (χ0n) is 25.1. The molecule has 0 saturated carbocycles. The highest BCUT2D eigenvalue weighted by molar-refractivity contribution is 5.77. The molecule has 0 atom stereocenters. The molecule has 2 aromatic heterocycles. The molecule has 43 heavy (non-hydrogen) atoms. The number of nitrogens with one attached hydrogen (secondary N) is 3. The number of amides is 3. The lowest BCUT2D eigenvalue weighted by Crippen LogP contribution is -2.43. The third kappa shape index (κ3) is 16.8. The van der Waals surface area contributed by atoms with Crippen LogP contribution in [0.25, 0.3) is 11.4 Å². The second-order valence-electron chi connectivity index (χ2n) is 10.3. The van der Waals surface area contributed by atoms with Crippen LogP contribution in [0.1, 0.15) is 63.4 Å². The Morgan fingerprint density at radius 2 is 1.35 bits per heavy atom. The first-order chi connectivity index (χ1) is 20.9. The van der Waals surface area contributed by atoms with E-state index in [2.05, 4.69) is 37.4 Å². The lowest BCUT2D eigenvalue weighted by Gasteiger charge is -2.23. The van der Waals surface area contributed by atoms with Gasteiger partial charge >= 0.3 is 5.97 Å². The van der Waals surface area contributed by atoms with Gasteiger partial charge in [-0.1, -0.05) is 12.1 Å². The number of carboxylic acids is 1. The van der Waals surface area contributed by atoms with Gasteiger partial charge < -0.3 is 21.1 Å². The van der Waals surface area contributed by atoms with E-state index in [1.54, 1.807) is 12.4 Å². The molecule has 2 rings (SSSR count). The van der Waals surface area contributed by atoms with Crippen molar-refractivity contribution in [3.05, 3.63) is 60.9 Å². The number of hydrogen-bond donors (Lipinski definition) is 4. The Labute approximate surface area is 254 Å². The summed E-state index contributed by atoms with van der Waals surface area (Å²) in [5, 5.41) is 17.5. The molecular weight excluding hydrogens is 548 g/mol. The van der Waals surface area contributed by atoms with Crippen LogP contribution < -0.4 is 16.0 Å². The summed E-state index contributed by atoms with van der Waals surface area (Å²) in [4.78, 5) is 58.1. The molecule has 0 bridgehead atoms. The smallest absolute Gasteiger partial charge is 0.303 e. The molecule has 2 aromatic rings. The Kier molecular flexibility index (Phi) is 17.6. The number of carbonyl (C=O) groups excluding carboxylic acids is 3. The van der Waals surface area contributed by atoms with Crippen molar-refractivity contribution >= 4 is 23.7 Å². The first-order valence-electron chi connectivity index (χ1n) is 15.1. The van der Waals surface area contributed by atoms with E-state index in [9.17, 15) is 19.2 Å². The summed E-state index contributed by atoms with van der Waals surface area (Å²) in [5.74, 6) is -1.14. The Morgan fingerprint density at radius 1 is 0.744 bits per heavy atom. The van der Waals surface area contributed by atoms with Crippen LogP contribution in [0, 0.1) is 0 Å². The molecule has 0 unspecified atom stereocenters. The maximum atomic E-state index is 12.5. The summed E-state index contributed by atoms with van der Waals surface area (Å²) in [7, 11) is 0. The number of aliphatic carboxylic acids is 1. The molecule has 2 heterocycles. The molecule has 0 spiro atoms.